The Labute approximate surface area is 365 Å². The smallest absolute Gasteiger partial charge is 0.407 e. The second kappa shape index (κ2) is 19.9. The van der Waals surface area contributed by atoms with E-state index in [1.807, 2.05) is 72.8 Å². The van der Waals surface area contributed by atoms with Gasteiger partial charge in [0.25, 0.3) is 0 Å². The van der Waals surface area contributed by atoms with Crippen LogP contribution in [0.3, 0.4) is 0 Å². The van der Waals surface area contributed by atoms with E-state index < -0.39 is 65.8 Å². The number of para-hydroxylation sites is 1. The fourth-order valence-electron chi connectivity index (χ4n) is 9.13. The van der Waals surface area contributed by atoms with Gasteiger partial charge in [0, 0.05) is 42.5 Å². The molecule has 17 heteroatoms. The van der Waals surface area contributed by atoms with Crippen LogP contribution in [0, 0.1) is 11.3 Å². The maximum atomic E-state index is 14.7. The van der Waals surface area contributed by atoms with E-state index in [-0.39, 0.29) is 63.2 Å². The maximum Gasteiger partial charge on any atom is 0.407 e. The molecule has 0 radical (unpaired) electrons. The van der Waals surface area contributed by atoms with Crippen LogP contribution in [0.25, 0.3) is 22.0 Å². The predicted molar refractivity (Wildman–Crippen MR) is 236 cm³/mol. The summed E-state index contributed by atoms with van der Waals surface area (Å²) in [6.45, 7) is 2.13. The summed E-state index contributed by atoms with van der Waals surface area (Å²) in [5.41, 5.74) is 17.2. The first-order valence-corrected chi connectivity index (χ1v) is 21.7. The highest BCUT2D eigenvalue weighted by Gasteiger charge is 2.40. The van der Waals surface area contributed by atoms with Crippen molar-refractivity contribution in [1.29, 1.82) is 5.41 Å². The van der Waals surface area contributed by atoms with Crippen molar-refractivity contribution in [1.82, 2.24) is 36.5 Å². The number of ether oxygens (including phenoxy) is 1. The fraction of sp³-hybridized carbons (Fsp3) is 0.413. The SMILES string of the molecule is CC[C@@H]1NC(=O)[C@H](Cc2c[nH]c3ccccc23)NC(=O)C2CCCN2C(=O)[C@@H](NC(=O)OCC2c3ccccc3-c3ccccc32)CCC(CNC(=N)N)CC[C@@H](C(N)=O)NC1=O. The van der Waals surface area contributed by atoms with E-state index in [4.69, 9.17) is 21.6 Å². The van der Waals surface area contributed by atoms with E-state index in [9.17, 15) is 28.8 Å². The number of guanidine groups is 1. The van der Waals surface area contributed by atoms with Gasteiger partial charge in [-0.3, -0.25) is 29.4 Å². The lowest BCUT2D eigenvalue weighted by molar-refractivity contribution is -0.141. The summed E-state index contributed by atoms with van der Waals surface area (Å²) in [6, 6.07) is 18.0. The van der Waals surface area contributed by atoms with Crippen LogP contribution < -0.4 is 38.1 Å². The number of carbonyl (C=O) groups is 6. The molecule has 0 spiro atoms. The Morgan fingerprint density at radius 2 is 1.46 bits per heavy atom. The van der Waals surface area contributed by atoms with Crippen molar-refractivity contribution in [3.8, 4) is 11.1 Å². The minimum atomic E-state index is -1.16. The number of carbonyl (C=O) groups excluding carboxylic acids is 6. The molecule has 1 aliphatic carbocycles. The first-order valence-electron chi connectivity index (χ1n) is 21.7. The summed E-state index contributed by atoms with van der Waals surface area (Å²) in [7, 11) is 0. The van der Waals surface area contributed by atoms with Gasteiger partial charge in [0.15, 0.2) is 5.96 Å². The topological polar surface area (TPSA) is 267 Å². The number of aromatic nitrogens is 1. The normalized spacial score (nSPS) is 23.5. The summed E-state index contributed by atoms with van der Waals surface area (Å²) in [4.78, 5) is 88.0. The average molecular weight is 861 g/mol. The molecule has 17 nitrogen and oxygen atoms in total. The first kappa shape index (κ1) is 44.2. The molecule has 2 saturated heterocycles. The molecule has 4 aromatic rings. The van der Waals surface area contributed by atoms with Gasteiger partial charge in [0.2, 0.25) is 29.5 Å². The highest BCUT2D eigenvalue weighted by molar-refractivity contribution is 5.97. The fourth-order valence-corrected chi connectivity index (χ4v) is 9.13. The molecular formula is C46H56N10O7. The van der Waals surface area contributed by atoms with Gasteiger partial charge in [-0.2, -0.15) is 0 Å². The molecule has 3 heterocycles. The van der Waals surface area contributed by atoms with Crippen molar-refractivity contribution in [2.75, 3.05) is 19.7 Å². The zero-order valence-corrected chi connectivity index (χ0v) is 35.3. The van der Waals surface area contributed by atoms with E-state index in [1.165, 1.54) is 4.90 Å². The average Bonchev–Trinajstić information content (AvgIpc) is 4.02. The molecule has 3 aliphatic rings. The van der Waals surface area contributed by atoms with Crippen molar-refractivity contribution in [2.45, 2.75) is 94.4 Å². The number of amides is 6. The lowest BCUT2D eigenvalue weighted by atomic mass is 9.92. The second-order valence-corrected chi connectivity index (χ2v) is 16.6. The Hall–Kier alpha value is -6.91. The molecule has 11 N–H and O–H groups in total. The molecule has 3 aromatic carbocycles. The summed E-state index contributed by atoms with van der Waals surface area (Å²) in [5.74, 6) is -3.92. The second-order valence-electron chi connectivity index (χ2n) is 16.6. The van der Waals surface area contributed by atoms with E-state index in [0.29, 0.717) is 25.7 Å². The number of aromatic amines is 1. The molecule has 2 unspecified atom stereocenters. The highest BCUT2D eigenvalue weighted by atomic mass is 16.5. The summed E-state index contributed by atoms with van der Waals surface area (Å²) in [6.07, 6.45) is 2.78. The number of hydrogen-bond acceptors (Lipinski definition) is 8. The number of benzene rings is 3. The van der Waals surface area contributed by atoms with Gasteiger partial charge in [-0.1, -0.05) is 73.7 Å². The number of primary amides is 1. The molecular weight excluding hydrogens is 805 g/mol. The van der Waals surface area contributed by atoms with Crippen LogP contribution in [0.1, 0.15) is 74.5 Å². The molecule has 6 amide bonds. The third-order valence-corrected chi connectivity index (χ3v) is 12.5. The molecule has 7 rings (SSSR count). The van der Waals surface area contributed by atoms with E-state index in [2.05, 4.69) is 31.6 Å². The molecule has 332 valence electrons. The van der Waals surface area contributed by atoms with Gasteiger partial charge in [-0.05, 0) is 84.7 Å². The number of rotatable bonds is 9. The molecule has 1 aromatic heterocycles. The van der Waals surface area contributed by atoms with Gasteiger partial charge in [0.05, 0.1) is 0 Å². The standard InChI is InChI=1S/C46H56N10O7/c1-2-34-41(58)53-36(40(47)57)19-17-26(23-51-45(48)49)18-20-37(55-46(62)63-25-33-31-13-5-3-11-29(31)30-12-4-6-14-32(30)33)44(61)56-21-9-16-39(56)43(60)54-38(42(59)52-34)22-27-24-50-35-15-8-7-10-28(27)35/h3-8,10-15,24,26,33-34,36-39,50H,2,9,16-23,25H2,1H3,(H2,47,57)(H,52,59)(H,53,58)(H,54,60)(H,55,62)(H4,48,49,51)/t26?,34-,36-,37-,38-,39?/m0/s1. The number of alkyl carbamates (subject to hydrolysis) is 1. The molecule has 0 bridgehead atoms. The van der Waals surface area contributed by atoms with Crippen LogP contribution >= 0.6 is 0 Å². The summed E-state index contributed by atoms with van der Waals surface area (Å²) < 4.78 is 5.87. The Bertz CT molecular complexity index is 2320. The van der Waals surface area contributed by atoms with Gasteiger partial charge in [-0.15, -0.1) is 0 Å². The van der Waals surface area contributed by atoms with Crippen molar-refractivity contribution in [3.63, 3.8) is 0 Å². The zero-order valence-electron chi connectivity index (χ0n) is 35.3. The van der Waals surface area contributed by atoms with Crippen molar-refractivity contribution in [3.05, 3.63) is 95.7 Å². The number of fused-ring (bicyclic) bond motifs is 5. The van der Waals surface area contributed by atoms with Gasteiger partial charge < -0.3 is 52.7 Å². The highest BCUT2D eigenvalue weighted by Crippen LogP contribution is 2.44. The number of nitrogens with two attached hydrogens (primary N) is 2. The summed E-state index contributed by atoms with van der Waals surface area (Å²) >= 11 is 0. The number of nitrogens with zero attached hydrogens (tertiary/aromatic N) is 1. The Balaban J connectivity index is 1.16. The molecule has 0 saturated carbocycles. The van der Waals surface area contributed by atoms with Crippen LogP contribution in [-0.4, -0.2) is 101 Å². The zero-order chi connectivity index (χ0) is 44.6. The van der Waals surface area contributed by atoms with E-state index in [1.54, 1.807) is 13.1 Å². The quantitative estimate of drug-likeness (QED) is 0.0884. The van der Waals surface area contributed by atoms with Crippen LogP contribution in [0.15, 0.2) is 79.0 Å². The maximum absolute atomic E-state index is 14.7. The monoisotopic (exact) mass is 860 g/mol. The molecule has 2 aliphatic heterocycles. The van der Waals surface area contributed by atoms with Crippen molar-refractivity contribution in [2.24, 2.45) is 17.4 Å². The minimum Gasteiger partial charge on any atom is -0.449 e. The van der Waals surface area contributed by atoms with Crippen LogP contribution in [0.4, 0.5) is 4.79 Å². The van der Waals surface area contributed by atoms with E-state index in [0.717, 1.165) is 38.7 Å². The Kier molecular flexibility index (Phi) is 13.9. The van der Waals surface area contributed by atoms with Crippen molar-refractivity contribution < 1.29 is 33.5 Å². The van der Waals surface area contributed by atoms with Crippen LogP contribution in [0.2, 0.25) is 0 Å². The minimum absolute atomic E-state index is 0.0136. The molecule has 63 heavy (non-hydrogen) atoms. The third kappa shape index (κ3) is 10.2. The van der Waals surface area contributed by atoms with Crippen LogP contribution in [-0.2, 0) is 35.1 Å². The van der Waals surface area contributed by atoms with Crippen molar-refractivity contribution >= 4 is 52.5 Å². The third-order valence-electron chi connectivity index (χ3n) is 12.5. The number of hydrogen-bond donors (Lipinski definition) is 9. The number of nitrogens with one attached hydrogen (secondary N) is 7. The summed E-state index contributed by atoms with van der Waals surface area (Å²) in [5, 5.41) is 22.6. The van der Waals surface area contributed by atoms with E-state index >= 15 is 0 Å². The van der Waals surface area contributed by atoms with Gasteiger partial charge >= 0.3 is 6.09 Å². The molecule has 2 fully saturated rings. The van der Waals surface area contributed by atoms with Gasteiger partial charge in [0.1, 0.15) is 36.8 Å². The molecule has 6 atom stereocenters. The lowest BCUT2D eigenvalue weighted by Crippen LogP contribution is -2.59. The predicted octanol–water partition coefficient (Wildman–Crippen LogP) is 2.63. The largest absolute Gasteiger partial charge is 0.449 e. The van der Waals surface area contributed by atoms with Crippen LogP contribution in [0.5, 0.6) is 0 Å². The van der Waals surface area contributed by atoms with Gasteiger partial charge in [-0.25, -0.2) is 4.79 Å². The Morgan fingerprint density at radius 3 is 2.16 bits per heavy atom. The number of H-pyrrole nitrogens is 1. The first-order chi connectivity index (χ1) is 30.4. The Morgan fingerprint density at radius 1 is 0.810 bits per heavy atom. The lowest BCUT2D eigenvalue weighted by Gasteiger charge is -2.31.